The van der Waals surface area contributed by atoms with Crippen molar-refractivity contribution in [2.45, 2.75) is 193 Å². The molecule has 0 aliphatic heterocycles. The van der Waals surface area contributed by atoms with Gasteiger partial charge in [-0.25, -0.2) is 0 Å². The molecule has 0 aromatic heterocycles. The fraction of sp³-hybridized carbons (Fsp3) is 1.00. The molecule has 1 unspecified atom stereocenters. The topological polar surface area (TPSA) is 66.5 Å². The summed E-state index contributed by atoms with van der Waals surface area (Å²) in [7, 11) is 0. The second-order valence-corrected chi connectivity index (χ2v) is 10.8. The normalized spacial score (nSPS) is 12.6. The molecular formula is C30H63NO2. The quantitative estimate of drug-likeness (QED) is 0.0790. The summed E-state index contributed by atoms with van der Waals surface area (Å²) in [5.74, 6) is 0. The SMILES string of the molecule is CCCCCCCCCCCCCCCCCCCCCCCCCCCC(N)CC(O)O. The molecule has 0 aliphatic carbocycles. The van der Waals surface area contributed by atoms with Crippen molar-refractivity contribution in [1.29, 1.82) is 0 Å². The summed E-state index contributed by atoms with van der Waals surface area (Å²) in [6.07, 6.45) is 35.3. The van der Waals surface area contributed by atoms with Gasteiger partial charge < -0.3 is 15.9 Å². The van der Waals surface area contributed by atoms with Crippen LogP contribution < -0.4 is 5.73 Å². The molecule has 0 bridgehead atoms. The van der Waals surface area contributed by atoms with Gasteiger partial charge in [0, 0.05) is 12.5 Å². The summed E-state index contributed by atoms with van der Waals surface area (Å²) in [6.45, 7) is 2.30. The lowest BCUT2D eigenvalue weighted by Gasteiger charge is -2.12. The van der Waals surface area contributed by atoms with Crippen molar-refractivity contribution < 1.29 is 10.2 Å². The number of hydrogen-bond donors (Lipinski definition) is 3. The van der Waals surface area contributed by atoms with E-state index in [-0.39, 0.29) is 6.04 Å². The molecule has 0 aliphatic rings. The Balaban J connectivity index is 3.05. The van der Waals surface area contributed by atoms with Crippen LogP contribution in [0.3, 0.4) is 0 Å². The first-order chi connectivity index (χ1) is 16.2. The van der Waals surface area contributed by atoms with E-state index < -0.39 is 6.29 Å². The zero-order valence-electron chi connectivity index (χ0n) is 22.7. The van der Waals surface area contributed by atoms with Crippen molar-refractivity contribution in [2.24, 2.45) is 5.73 Å². The van der Waals surface area contributed by atoms with Gasteiger partial charge in [0.05, 0.1) is 0 Å². The Bertz CT molecular complexity index is 348. The summed E-state index contributed by atoms with van der Waals surface area (Å²) in [5.41, 5.74) is 5.85. The van der Waals surface area contributed by atoms with Crippen LogP contribution in [0.25, 0.3) is 0 Å². The van der Waals surface area contributed by atoms with Crippen molar-refractivity contribution in [2.75, 3.05) is 0 Å². The maximum atomic E-state index is 8.89. The van der Waals surface area contributed by atoms with E-state index in [0.717, 1.165) is 12.8 Å². The van der Waals surface area contributed by atoms with E-state index in [9.17, 15) is 0 Å². The summed E-state index contributed by atoms with van der Waals surface area (Å²) in [4.78, 5) is 0. The Morgan fingerprint density at radius 2 is 0.667 bits per heavy atom. The lowest BCUT2D eigenvalue weighted by Crippen LogP contribution is -2.25. The van der Waals surface area contributed by atoms with Crippen molar-refractivity contribution in [1.82, 2.24) is 0 Å². The van der Waals surface area contributed by atoms with Crippen molar-refractivity contribution in [3.05, 3.63) is 0 Å². The molecule has 3 heteroatoms. The molecule has 0 fully saturated rings. The minimum absolute atomic E-state index is 0.0606. The predicted octanol–water partition coefficient (Wildman–Crippen LogP) is 9.18. The smallest absolute Gasteiger partial charge is 0.152 e. The number of hydrogen-bond acceptors (Lipinski definition) is 3. The fourth-order valence-corrected chi connectivity index (χ4v) is 4.93. The lowest BCUT2D eigenvalue weighted by atomic mass is 10.0. The van der Waals surface area contributed by atoms with Gasteiger partial charge in [0.15, 0.2) is 6.29 Å². The molecule has 0 heterocycles. The lowest BCUT2D eigenvalue weighted by molar-refractivity contribution is -0.0497. The van der Waals surface area contributed by atoms with Gasteiger partial charge in [0.25, 0.3) is 0 Å². The van der Waals surface area contributed by atoms with Gasteiger partial charge in [-0.15, -0.1) is 0 Å². The van der Waals surface area contributed by atoms with Crippen LogP contribution in [0.2, 0.25) is 0 Å². The van der Waals surface area contributed by atoms with Crippen LogP contribution in [0.4, 0.5) is 0 Å². The molecule has 0 aromatic carbocycles. The first-order valence-corrected chi connectivity index (χ1v) is 15.3. The second kappa shape index (κ2) is 28.1. The van der Waals surface area contributed by atoms with Gasteiger partial charge in [-0.2, -0.15) is 0 Å². The zero-order valence-corrected chi connectivity index (χ0v) is 22.7. The average Bonchev–Trinajstić information content (AvgIpc) is 2.78. The van der Waals surface area contributed by atoms with Crippen LogP contribution in [-0.4, -0.2) is 22.5 Å². The van der Waals surface area contributed by atoms with Gasteiger partial charge in [0.2, 0.25) is 0 Å². The largest absolute Gasteiger partial charge is 0.368 e. The van der Waals surface area contributed by atoms with Crippen LogP contribution in [0, 0.1) is 0 Å². The van der Waals surface area contributed by atoms with E-state index in [1.165, 1.54) is 154 Å². The Labute approximate surface area is 208 Å². The van der Waals surface area contributed by atoms with Crippen LogP contribution >= 0.6 is 0 Å². The summed E-state index contributed by atoms with van der Waals surface area (Å²) < 4.78 is 0. The molecule has 0 saturated heterocycles. The Morgan fingerprint density at radius 1 is 0.424 bits per heavy atom. The zero-order chi connectivity index (χ0) is 24.2. The van der Waals surface area contributed by atoms with E-state index in [1.54, 1.807) is 0 Å². The van der Waals surface area contributed by atoms with Crippen LogP contribution in [0.1, 0.15) is 180 Å². The summed E-state index contributed by atoms with van der Waals surface area (Å²) >= 11 is 0. The maximum Gasteiger partial charge on any atom is 0.152 e. The van der Waals surface area contributed by atoms with Gasteiger partial charge in [-0.05, 0) is 6.42 Å². The molecule has 0 spiro atoms. The third-order valence-corrected chi connectivity index (χ3v) is 7.19. The average molecular weight is 470 g/mol. The van der Waals surface area contributed by atoms with Crippen LogP contribution in [-0.2, 0) is 0 Å². The van der Waals surface area contributed by atoms with E-state index in [1.807, 2.05) is 0 Å². The number of aliphatic hydroxyl groups excluding tert-OH is 1. The van der Waals surface area contributed by atoms with Crippen molar-refractivity contribution >= 4 is 0 Å². The van der Waals surface area contributed by atoms with Crippen molar-refractivity contribution in [3.8, 4) is 0 Å². The van der Waals surface area contributed by atoms with Crippen LogP contribution in [0.15, 0.2) is 0 Å². The highest BCUT2D eigenvalue weighted by Gasteiger charge is 2.06. The van der Waals surface area contributed by atoms with Gasteiger partial charge in [0.1, 0.15) is 0 Å². The molecule has 0 amide bonds. The molecule has 0 rings (SSSR count). The van der Waals surface area contributed by atoms with E-state index >= 15 is 0 Å². The monoisotopic (exact) mass is 469 g/mol. The number of nitrogens with two attached hydrogens (primary N) is 1. The molecule has 0 saturated carbocycles. The molecule has 3 nitrogen and oxygen atoms in total. The highest BCUT2D eigenvalue weighted by Crippen LogP contribution is 2.16. The molecule has 0 radical (unpaired) electrons. The summed E-state index contributed by atoms with van der Waals surface area (Å²) in [5, 5.41) is 17.8. The standard InChI is InChI=1S/C30H63NO2/c1-2-3-4-5-6-7-8-9-10-11-12-13-14-15-16-17-18-19-20-21-22-23-24-25-26-27-29(31)28-30(32)33/h29-30,32-33H,2-28,31H2,1H3. The first kappa shape index (κ1) is 32.9. The second-order valence-electron chi connectivity index (χ2n) is 10.8. The molecule has 200 valence electrons. The van der Waals surface area contributed by atoms with E-state index in [4.69, 9.17) is 15.9 Å². The molecule has 4 N–H and O–H groups in total. The Morgan fingerprint density at radius 3 is 0.909 bits per heavy atom. The van der Waals surface area contributed by atoms with Gasteiger partial charge >= 0.3 is 0 Å². The minimum Gasteiger partial charge on any atom is -0.368 e. The van der Waals surface area contributed by atoms with E-state index in [2.05, 4.69) is 6.92 Å². The maximum absolute atomic E-state index is 8.89. The van der Waals surface area contributed by atoms with Gasteiger partial charge in [-0.1, -0.05) is 167 Å². The highest BCUT2D eigenvalue weighted by molar-refractivity contribution is 4.62. The first-order valence-electron chi connectivity index (χ1n) is 15.3. The van der Waals surface area contributed by atoms with Crippen LogP contribution in [0.5, 0.6) is 0 Å². The highest BCUT2D eigenvalue weighted by atomic mass is 16.5. The Kier molecular flexibility index (Phi) is 28.0. The van der Waals surface area contributed by atoms with Crippen molar-refractivity contribution in [3.63, 3.8) is 0 Å². The van der Waals surface area contributed by atoms with Gasteiger partial charge in [-0.3, -0.25) is 0 Å². The minimum atomic E-state index is -1.25. The molecule has 0 aromatic rings. The summed E-state index contributed by atoms with van der Waals surface area (Å²) in [6, 6.07) is -0.0606. The molecular weight excluding hydrogens is 406 g/mol. The molecule has 33 heavy (non-hydrogen) atoms. The molecule has 1 atom stereocenters. The van der Waals surface area contributed by atoms with E-state index in [0.29, 0.717) is 6.42 Å². The number of unbranched alkanes of at least 4 members (excludes halogenated alkanes) is 24. The fourth-order valence-electron chi connectivity index (χ4n) is 4.93. The third kappa shape index (κ3) is 29.8. The number of rotatable bonds is 28. The predicted molar refractivity (Wildman–Crippen MR) is 147 cm³/mol. The third-order valence-electron chi connectivity index (χ3n) is 7.19. The number of aliphatic hydroxyl groups is 2. The Hall–Kier alpha value is -0.120.